The average molecular weight is 206 g/mol. The summed E-state index contributed by atoms with van der Waals surface area (Å²) in [5.74, 6) is 0.263. The van der Waals surface area contributed by atoms with Crippen LogP contribution in [0.25, 0.3) is 0 Å². The number of ether oxygens (including phenoxy) is 1. The number of hydrogen-bond donors (Lipinski definition) is 2. The van der Waals surface area contributed by atoms with Gasteiger partial charge in [0.15, 0.2) is 0 Å². The minimum Gasteiger partial charge on any atom is -0.387 e. The smallest absolute Gasteiger partial charge is 0.0960 e. The van der Waals surface area contributed by atoms with Crippen molar-refractivity contribution in [3.63, 3.8) is 0 Å². The second-order valence-electron chi connectivity index (χ2n) is 3.56. The minimum absolute atomic E-state index is 0.0497. The molecular weight excluding hydrogens is 188 g/mol. The molecule has 0 aromatic heterocycles. The molecule has 1 aromatic rings. The number of benzene rings is 1. The van der Waals surface area contributed by atoms with Gasteiger partial charge in [-0.25, -0.2) is 0 Å². The van der Waals surface area contributed by atoms with Gasteiger partial charge in [0.1, 0.15) is 0 Å². The van der Waals surface area contributed by atoms with E-state index in [9.17, 15) is 0 Å². The van der Waals surface area contributed by atoms with Crippen LogP contribution in [0.2, 0.25) is 0 Å². The lowest BCUT2D eigenvalue weighted by atomic mass is 10.1. The molecule has 15 heavy (non-hydrogen) atoms. The monoisotopic (exact) mass is 206 g/mol. The van der Waals surface area contributed by atoms with E-state index < -0.39 is 0 Å². The molecule has 0 amide bonds. The van der Waals surface area contributed by atoms with Crippen molar-refractivity contribution in [3.05, 3.63) is 35.9 Å². The van der Waals surface area contributed by atoms with Crippen molar-refractivity contribution < 1.29 is 4.74 Å². The molecule has 0 aliphatic rings. The van der Waals surface area contributed by atoms with Crippen molar-refractivity contribution in [2.75, 3.05) is 6.61 Å². The fourth-order valence-electron chi connectivity index (χ4n) is 1.32. The molecule has 3 N–H and O–H groups in total. The van der Waals surface area contributed by atoms with Crippen LogP contribution in [-0.4, -0.2) is 12.4 Å². The summed E-state index contributed by atoms with van der Waals surface area (Å²) in [5, 5.41) is 7.33. The normalized spacial score (nSPS) is 12.3. The third-order valence-corrected chi connectivity index (χ3v) is 2.36. The van der Waals surface area contributed by atoms with Crippen molar-refractivity contribution >= 4 is 5.84 Å². The second-order valence-corrected chi connectivity index (χ2v) is 3.56. The van der Waals surface area contributed by atoms with Gasteiger partial charge >= 0.3 is 0 Å². The summed E-state index contributed by atoms with van der Waals surface area (Å²) in [6.07, 6.45) is 0.851. The second kappa shape index (κ2) is 6.19. The highest BCUT2D eigenvalue weighted by atomic mass is 16.5. The van der Waals surface area contributed by atoms with E-state index in [0.717, 1.165) is 12.0 Å². The van der Waals surface area contributed by atoms with Crippen molar-refractivity contribution in [3.8, 4) is 0 Å². The number of hydrogen-bond acceptors (Lipinski definition) is 2. The summed E-state index contributed by atoms with van der Waals surface area (Å²) in [6, 6.07) is 10.00. The van der Waals surface area contributed by atoms with Gasteiger partial charge in [-0.2, -0.15) is 0 Å². The first-order valence-corrected chi connectivity index (χ1v) is 5.19. The molecule has 0 bridgehead atoms. The summed E-state index contributed by atoms with van der Waals surface area (Å²) in [7, 11) is 0. The highest BCUT2D eigenvalue weighted by Crippen LogP contribution is 2.06. The Bertz CT molecular complexity index is 298. The van der Waals surface area contributed by atoms with Gasteiger partial charge < -0.3 is 10.5 Å². The molecule has 3 heteroatoms. The predicted molar refractivity (Wildman–Crippen MR) is 61.8 cm³/mol. The summed E-state index contributed by atoms with van der Waals surface area (Å²) >= 11 is 0. The van der Waals surface area contributed by atoms with E-state index in [1.807, 2.05) is 37.3 Å². The maximum absolute atomic E-state index is 7.33. The largest absolute Gasteiger partial charge is 0.387 e. The SMILES string of the molecule is CCC(COCc1ccccc1)C(=N)N. The molecule has 0 aliphatic heterocycles. The van der Waals surface area contributed by atoms with Gasteiger partial charge in [-0.15, -0.1) is 0 Å². The van der Waals surface area contributed by atoms with Gasteiger partial charge in [-0.05, 0) is 12.0 Å². The van der Waals surface area contributed by atoms with Crippen LogP contribution in [0.4, 0.5) is 0 Å². The average Bonchev–Trinajstić information content (AvgIpc) is 2.25. The first-order valence-electron chi connectivity index (χ1n) is 5.19. The molecule has 1 atom stereocenters. The van der Waals surface area contributed by atoms with Crippen LogP contribution < -0.4 is 5.73 Å². The Morgan fingerprint density at radius 1 is 1.40 bits per heavy atom. The van der Waals surface area contributed by atoms with Crippen molar-refractivity contribution in [2.24, 2.45) is 11.7 Å². The number of nitrogens with one attached hydrogen (secondary N) is 1. The maximum atomic E-state index is 7.33. The number of nitrogens with two attached hydrogens (primary N) is 1. The van der Waals surface area contributed by atoms with E-state index in [-0.39, 0.29) is 11.8 Å². The van der Waals surface area contributed by atoms with Crippen LogP contribution in [0.1, 0.15) is 18.9 Å². The van der Waals surface area contributed by atoms with Crippen molar-refractivity contribution in [1.29, 1.82) is 5.41 Å². The standard InChI is InChI=1S/C12H18N2O/c1-2-11(12(13)14)9-15-8-10-6-4-3-5-7-10/h3-7,11H,2,8-9H2,1H3,(H3,13,14). The highest BCUT2D eigenvalue weighted by molar-refractivity contribution is 5.79. The zero-order chi connectivity index (χ0) is 11.1. The van der Waals surface area contributed by atoms with Gasteiger partial charge in [-0.1, -0.05) is 37.3 Å². The lowest BCUT2D eigenvalue weighted by Crippen LogP contribution is -2.25. The number of amidine groups is 1. The Kier molecular flexibility index (Phi) is 4.84. The third-order valence-electron chi connectivity index (χ3n) is 2.36. The zero-order valence-corrected chi connectivity index (χ0v) is 9.07. The summed E-state index contributed by atoms with van der Waals surface area (Å²) in [6.45, 7) is 3.13. The fraction of sp³-hybridized carbons (Fsp3) is 0.417. The molecule has 1 aromatic carbocycles. The van der Waals surface area contributed by atoms with Crippen LogP contribution in [-0.2, 0) is 11.3 Å². The summed E-state index contributed by atoms with van der Waals surface area (Å²) < 4.78 is 5.51. The molecule has 0 spiro atoms. The molecule has 82 valence electrons. The number of rotatable bonds is 6. The molecule has 0 heterocycles. The first-order chi connectivity index (χ1) is 7.24. The van der Waals surface area contributed by atoms with Crippen molar-refractivity contribution in [2.45, 2.75) is 20.0 Å². The van der Waals surface area contributed by atoms with Crippen molar-refractivity contribution in [1.82, 2.24) is 0 Å². The quantitative estimate of drug-likeness (QED) is 0.553. The Labute approximate surface area is 90.8 Å². The van der Waals surface area contributed by atoms with Crippen LogP contribution in [0.3, 0.4) is 0 Å². The van der Waals surface area contributed by atoms with Gasteiger partial charge in [0.05, 0.1) is 19.0 Å². The molecule has 0 saturated carbocycles. The Morgan fingerprint density at radius 2 is 2.07 bits per heavy atom. The molecule has 3 nitrogen and oxygen atoms in total. The third kappa shape index (κ3) is 4.13. The molecule has 0 aliphatic carbocycles. The molecule has 0 saturated heterocycles. The van der Waals surface area contributed by atoms with E-state index in [4.69, 9.17) is 15.9 Å². The van der Waals surface area contributed by atoms with Crippen LogP contribution >= 0.6 is 0 Å². The molecule has 1 unspecified atom stereocenters. The lowest BCUT2D eigenvalue weighted by Gasteiger charge is -2.13. The zero-order valence-electron chi connectivity index (χ0n) is 9.07. The Balaban J connectivity index is 2.30. The van der Waals surface area contributed by atoms with Crippen LogP contribution in [0.5, 0.6) is 0 Å². The topological polar surface area (TPSA) is 59.1 Å². The van der Waals surface area contributed by atoms with E-state index in [0.29, 0.717) is 13.2 Å². The molecule has 1 rings (SSSR count). The molecule has 0 fully saturated rings. The van der Waals surface area contributed by atoms with Crippen LogP contribution in [0, 0.1) is 11.3 Å². The minimum atomic E-state index is 0.0497. The predicted octanol–water partition coefficient (Wildman–Crippen LogP) is 2.17. The molecular formula is C12H18N2O. The maximum Gasteiger partial charge on any atom is 0.0960 e. The van der Waals surface area contributed by atoms with E-state index >= 15 is 0 Å². The van der Waals surface area contributed by atoms with Gasteiger partial charge in [0, 0.05) is 5.92 Å². The lowest BCUT2D eigenvalue weighted by molar-refractivity contribution is 0.103. The van der Waals surface area contributed by atoms with Gasteiger partial charge in [0.2, 0.25) is 0 Å². The van der Waals surface area contributed by atoms with E-state index in [2.05, 4.69) is 0 Å². The summed E-state index contributed by atoms with van der Waals surface area (Å²) in [4.78, 5) is 0. The van der Waals surface area contributed by atoms with Crippen LogP contribution in [0.15, 0.2) is 30.3 Å². The van der Waals surface area contributed by atoms with Gasteiger partial charge in [0.25, 0.3) is 0 Å². The molecule has 0 radical (unpaired) electrons. The van der Waals surface area contributed by atoms with E-state index in [1.54, 1.807) is 0 Å². The fourth-order valence-corrected chi connectivity index (χ4v) is 1.32. The Morgan fingerprint density at radius 3 is 2.60 bits per heavy atom. The van der Waals surface area contributed by atoms with Gasteiger partial charge in [-0.3, -0.25) is 5.41 Å². The Hall–Kier alpha value is -1.35. The highest BCUT2D eigenvalue weighted by Gasteiger charge is 2.09. The van der Waals surface area contributed by atoms with E-state index in [1.165, 1.54) is 0 Å². The first kappa shape index (κ1) is 11.7. The summed E-state index contributed by atoms with van der Waals surface area (Å²) in [5.41, 5.74) is 6.58.